The lowest BCUT2D eigenvalue weighted by atomic mass is 9.93. The first-order valence-electron chi connectivity index (χ1n) is 9.84. The van der Waals surface area contributed by atoms with Gasteiger partial charge in [-0.1, -0.05) is 25.3 Å². The average Bonchev–Trinajstić information content (AvgIpc) is 2.75. The number of anilines is 2. The van der Waals surface area contributed by atoms with E-state index >= 15 is 0 Å². The second-order valence-electron chi connectivity index (χ2n) is 7.48. The van der Waals surface area contributed by atoms with Crippen molar-refractivity contribution in [2.75, 3.05) is 23.8 Å². The normalized spacial score (nSPS) is 17.0. The number of carbonyl (C=O) groups is 2. The smallest absolute Gasteiger partial charge is 0.256 e. The van der Waals surface area contributed by atoms with Crippen LogP contribution in [0.3, 0.4) is 0 Å². The minimum absolute atomic E-state index is 0.0432. The Hall–Kier alpha value is -2.96. The zero-order chi connectivity index (χ0) is 19.5. The lowest BCUT2D eigenvalue weighted by Gasteiger charge is -2.35. The zero-order valence-corrected chi connectivity index (χ0v) is 16.1. The summed E-state index contributed by atoms with van der Waals surface area (Å²) < 4.78 is 0. The summed E-state index contributed by atoms with van der Waals surface area (Å²) in [7, 11) is 1.71. The maximum atomic E-state index is 13.5. The highest BCUT2D eigenvalue weighted by Crippen LogP contribution is 2.30. The molecule has 2 aliphatic rings. The third-order valence-electron chi connectivity index (χ3n) is 5.61. The number of hydrogen-bond donors (Lipinski definition) is 1. The minimum Gasteiger partial charge on any atom is -0.359 e. The maximum absolute atomic E-state index is 13.5. The second-order valence-corrected chi connectivity index (χ2v) is 7.48. The highest BCUT2D eigenvalue weighted by Gasteiger charge is 2.29. The van der Waals surface area contributed by atoms with Gasteiger partial charge in [0.1, 0.15) is 5.82 Å². The molecule has 2 aromatic rings. The van der Waals surface area contributed by atoms with Gasteiger partial charge in [0.15, 0.2) is 0 Å². The summed E-state index contributed by atoms with van der Waals surface area (Å²) in [6, 6.07) is 5.88. The number of fused-ring (bicyclic) bond motifs is 1. The first kappa shape index (κ1) is 18.4. The topological polar surface area (TPSA) is 78.4 Å². The van der Waals surface area contributed by atoms with Gasteiger partial charge in [-0.05, 0) is 30.5 Å². The van der Waals surface area contributed by atoms with Crippen molar-refractivity contribution in [1.82, 2.24) is 14.9 Å². The molecule has 146 valence electrons. The van der Waals surface area contributed by atoms with Crippen molar-refractivity contribution in [3.05, 3.63) is 47.9 Å². The van der Waals surface area contributed by atoms with Crippen molar-refractivity contribution < 1.29 is 9.59 Å². The molecule has 7 nitrogen and oxygen atoms in total. The van der Waals surface area contributed by atoms with Crippen LogP contribution in [0.25, 0.3) is 0 Å². The summed E-state index contributed by atoms with van der Waals surface area (Å²) in [5.41, 5.74) is 2.17. The molecule has 0 radical (unpaired) electrons. The Kier molecular flexibility index (Phi) is 5.23. The zero-order valence-electron chi connectivity index (χ0n) is 16.1. The average molecular weight is 379 g/mol. The number of carbonyl (C=O) groups excluding carboxylic acids is 2. The summed E-state index contributed by atoms with van der Waals surface area (Å²) >= 11 is 0. The lowest BCUT2D eigenvalue weighted by molar-refractivity contribution is -0.116. The van der Waals surface area contributed by atoms with Gasteiger partial charge in [0.05, 0.1) is 17.8 Å². The number of aromatic nitrogens is 2. The largest absolute Gasteiger partial charge is 0.359 e. The van der Waals surface area contributed by atoms with Gasteiger partial charge in [-0.25, -0.2) is 4.98 Å². The van der Waals surface area contributed by atoms with Gasteiger partial charge in [-0.2, -0.15) is 0 Å². The van der Waals surface area contributed by atoms with E-state index in [0.717, 1.165) is 31.2 Å². The molecule has 2 amide bonds. The van der Waals surface area contributed by atoms with Crippen LogP contribution in [0.4, 0.5) is 11.5 Å². The van der Waals surface area contributed by atoms with E-state index < -0.39 is 0 Å². The van der Waals surface area contributed by atoms with Crippen LogP contribution in [-0.2, 0) is 11.3 Å². The summed E-state index contributed by atoms with van der Waals surface area (Å²) in [6.07, 6.45) is 10.7. The van der Waals surface area contributed by atoms with E-state index in [1.807, 2.05) is 23.2 Å². The van der Waals surface area contributed by atoms with Crippen LogP contribution in [0.5, 0.6) is 0 Å². The summed E-state index contributed by atoms with van der Waals surface area (Å²) in [4.78, 5) is 37.6. The Morgan fingerprint density at radius 1 is 1.29 bits per heavy atom. The highest BCUT2D eigenvalue weighted by molar-refractivity contribution is 6.03. The third-order valence-corrected chi connectivity index (χ3v) is 5.61. The van der Waals surface area contributed by atoms with Crippen molar-refractivity contribution in [3.63, 3.8) is 0 Å². The number of amides is 2. The Labute approximate surface area is 164 Å². The summed E-state index contributed by atoms with van der Waals surface area (Å²) in [5, 5.41) is 3.01. The van der Waals surface area contributed by atoms with Crippen LogP contribution < -0.4 is 10.2 Å². The van der Waals surface area contributed by atoms with Gasteiger partial charge in [-0.15, -0.1) is 0 Å². The fourth-order valence-corrected chi connectivity index (χ4v) is 3.99. The van der Waals surface area contributed by atoms with Gasteiger partial charge in [0.25, 0.3) is 5.91 Å². The van der Waals surface area contributed by atoms with E-state index in [1.54, 1.807) is 30.4 Å². The number of hydrogen-bond acceptors (Lipinski definition) is 5. The predicted molar refractivity (Wildman–Crippen MR) is 107 cm³/mol. The number of nitrogens with zero attached hydrogens (tertiary/aromatic N) is 4. The van der Waals surface area contributed by atoms with Crippen LogP contribution in [0.15, 0.2) is 36.8 Å². The van der Waals surface area contributed by atoms with Gasteiger partial charge in [0, 0.05) is 38.2 Å². The molecule has 1 N–H and O–H groups in total. The second kappa shape index (κ2) is 7.96. The molecule has 3 heterocycles. The first-order valence-corrected chi connectivity index (χ1v) is 9.84. The van der Waals surface area contributed by atoms with Crippen molar-refractivity contribution in [2.24, 2.45) is 0 Å². The van der Waals surface area contributed by atoms with E-state index in [9.17, 15) is 9.59 Å². The van der Waals surface area contributed by atoms with Crippen LogP contribution in [0.2, 0.25) is 0 Å². The van der Waals surface area contributed by atoms with Crippen molar-refractivity contribution in [2.45, 2.75) is 44.7 Å². The molecule has 4 rings (SSSR count). The molecule has 0 unspecified atom stereocenters. The minimum atomic E-state index is -0.0440. The van der Waals surface area contributed by atoms with Gasteiger partial charge in [-0.3, -0.25) is 14.6 Å². The molecule has 0 aromatic carbocycles. The molecular weight excluding hydrogens is 354 g/mol. The Balaban J connectivity index is 1.64. The SMILES string of the molecule is CN1C(=O)CNc2ncc(C(=O)N(Cc3cccnc3)C3CCCCC3)cc21. The van der Waals surface area contributed by atoms with Crippen LogP contribution in [0.1, 0.15) is 48.0 Å². The predicted octanol–water partition coefficient (Wildman–Crippen LogP) is 2.84. The Morgan fingerprint density at radius 3 is 2.86 bits per heavy atom. The van der Waals surface area contributed by atoms with Crippen molar-refractivity contribution >= 4 is 23.3 Å². The highest BCUT2D eigenvalue weighted by atomic mass is 16.2. The maximum Gasteiger partial charge on any atom is 0.256 e. The molecule has 2 aromatic heterocycles. The third kappa shape index (κ3) is 3.69. The van der Waals surface area contributed by atoms with E-state index in [1.165, 1.54) is 6.42 Å². The fourth-order valence-electron chi connectivity index (χ4n) is 3.99. The molecule has 0 spiro atoms. The Morgan fingerprint density at radius 2 is 2.11 bits per heavy atom. The number of rotatable bonds is 4. The van der Waals surface area contributed by atoms with Gasteiger partial charge in [0.2, 0.25) is 5.91 Å². The molecular formula is C21H25N5O2. The van der Waals surface area contributed by atoms with E-state index in [0.29, 0.717) is 23.6 Å². The number of nitrogens with one attached hydrogen (secondary N) is 1. The van der Waals surface area contributed by atoms with Crippen LogP contribution in [0, 0.1) is 0 Å². The lowest BCUT2D eigenvalue weighted by Crippen LogP contribution is -2.41. The van der Waals surface area contributed by atoms with Crippen LogP contribution in [-0.4, -0.2) is 46.3 Å². The quantitative estimate of drug-likeness (QED) is 0.884. The molecule has 0 bridgehead atoms. The molecule has 1 saturated carbocycles. The van der Waals surface area contributed by atoms with Gasteiger partial charge < -0.3 is 15.1 Å². The number of pyridine rings is 2. The summed E-state index contributed by atoms with van der Waals surface area (Å²) in [5.74, 6) is 0.547. The molecule has 0 saturated heterocycles. The molecule has 1 fully saturated rings. The molecule has 7 heteroatoms. The van der Waals surface area contributed by atoms with Gasteiger partial charge >= 0.3 is 0 Å². The Bertz CT molecular complexity index is 864. The molecule has 0 atom stereocenters. The summed E-state index contributed by atoms with van der Waals surface area (Å²) in [6.45, 7) is 0.750. The van der Waals surface area contributed by atoms with Crippen molar-refractivity contribution in [1.29, 1.82) is 0 Å². The number of likely N-dealkylation sites (N-methyl/N-ethyl adjacent to an activating group) is 1. The van der Waals surface area contributed by atoms with E-state index in [-0.39, 0.29) is 24.4 Å². The standard InChI is InChI=1S/C21H25N5O2/c1-25-18-10-16(12-23-20(18)24-13-19(25)27)21(28)26(17-7-3-2-4-8-17)14-15-6-5-9-22-11-15/h5-6,9-12,17H,2-4,7-8,13-14H2,1H3,(H,23,24). The molecule has 28 heavy (non-hydrogen) atoms. The van der Waals surface area contributed by atoms with E-state index in [4.69, 9.17) is 0 Å². The van der Waals surface area contributed by atoms with Crippen LogP contribution >= 0.6 is 0 Å². The fraction of sp³-hybridized carbons (Fsp3) is 0.429. The van der Waals surface area contributed by atoms with E-state index in [2.05, 4.69) is 15.3 Å². The molecule has 1 aliphatic carbocycles. The first-order chi connectivity index (χ1) is 13.6. The monoisotopic (exact) mass is 379 g/mol. The van der Waals surface area contributed by atoms with Crippen molar-refractivity contribution in [3.8, 4) is 0 Å². The molecule has 1 aliphatic heterocycles.